The van der Waals surface area contributed by atoms with E-state index in [9.17, 15) is 9.59 Å². The number of hydrogen-bond acceptors (Lipinski definition) is 3. The van der Waals surface area contributed by atoms with Gasteiger partial charge >= 0.3 is 0 Å². The lowest BCUT2D eigenvalue weighted by atomic mass is 9.95. The molecule has 0 aromatic heterocycles. The van der Waals surface area contributed by atoms with Gasteiger partial charge in [-0.05, 0) is 42.5 Å². The minimum absolute atomic E-state index is 0.0485. The molecule has 0 saturated heterocycles. The molecule has 0 unspecified atom stereocenters. The number of nitrogens with zero attached hydrogens (tertiary/aromatic N) is 1. The van der Waals surface area contributed by atoms with E-state index in [-0.39, 0.29) is 17.9 Å². The van der Waals surface area contributed by atoms with Gasteiger partial charge in [0.2, 0.25) is 11.8 Å². The fraction of sp³-hybridized carbons (Fsp3) is 0.462. The Morgan fingerprint density at radius 2 is 1.76 bits per heavy atom. The molecule has 1 atom stereocenters. The topological polar surface area (TPSA) is 49.4 Å². The van der Waals surface area contributed by atoms with Gasteiger partial charge in [0.1, 0.15) is 6.04 Å². The first-order valence-electron chi connectivity index (χ1n) is 11.6. The number of benzene rings is 2. The van der Waals surface area contributed by atoms with Gasteiger partial charge in [0.25, 0.3) is 0 Å². The summed E-state index contributed by atoms with van der Waals surface area (Å²) in [5.74, 6) is 0.945. The van der Waals surface area contributed by atoms with Gasteiger partial charge in [0, 0.05) is 18.3 Å². The molecule has 0 bridgehead atoms. The zero-order chi connectivity index (χ0) is 23.6. The molecule has 0 radical (unpaired) electrons. The van der Waals surface area contributed by atoms with Crippen LogP contribution in [0.25, 0.3) is 0 Å². The number of carbonyl (C=O) groups is 2. The summed E-state index contributed by atoms with van der Waals surface area (Å²) in [6.45, 7) is 2.27. The van der Waals surface area contributed by atoms with Gasteiger partial charge in [-0.3, -0.25) is 9.59 Å². The second-order valence-corrected chi connectivity index (χ2v) is 10.3. The van der Waals surface area contributed by atoms with Crippen LogP contribution < -0.4 is 5.32 Å². The molecule has 2 aromatic carbocycles. The minimum Gasteiger partial charge on any atom is -0.352 e. The maximum atomic E-state index is 13.4. The molecular formula is C26H32Cl2N2O2S. The molecule has 0 aliphatic heterocycles. The largest absolute Gasteiger partial charge is 0.352 e. The molecule has 178 valence electrons. The van der Waals surface area contributed by atoms with Crippen molar-refractivity contribution in [1.29, 1.82) is 0 Å². The van der Waals surface area contributed by atoms with Gasteiger partial charge in [-0.2, -0.15) is 0 Å². The fourth-order valence-electron chi connectivity index (χ4n) is 4.21. The highest BCUT2D eigenvalue weighted by Gasteiger charge is 2.30. The zero-order valence-electron chi connectivity index (χ0n) is 19.1. The van der Waals surface area contributed by atoms with Crippen LogP contribution in [0.1, 0.15) is 56.6 Å². The Kier molecular flexibility index (Phi) is 10.4. The molecular weight excluding hydrogens is 475 g/mol. The van der Waals surface area contributed by atoms with Crippen LogP contribution in [-0.4, -0.2) is 34.6 Å². The summed E-state index contributed by atoms with van der Waals surface area (Å²) < 4.78 is 0. The van der Waals surface area contributed by atoms with Gasteiger partial charge in [-0.1, -0.05) is 85.8 Å². The lowest BCUT2D eigenvalue weighted by Gasteiger charge is -2.33. The van der Waals surface area contributed by atoms with Crippen molar-refractivity contribution in [3.63, 3.8) is 0 Å². The van der Waals surface area contributed by atoms with Gasteiger partial charge in [0.05, 0.1) is 15.8 Å². The van der Waals surface area contributed by atoms with Crippen LogP contribution >= 0.6 is 35.0 Å². The van der Waals surface area contributed by atoms with E-state index in [2.05, 4.69) is 17.4 Å². The Morgan fingerprint density at radius 3 is 2.42 bits per heavy atom. The van der Waals surface area contributed by atoms with Crippen molar-refractivity contribution >= 4 is 46.8 Å². The van der Waals surface area contributed by atoms with E-state index in [1.165, 1.54) is 12.0 Å². The molecule has 4 nitrogen and oxygen atoms in total. The molecule has 1 fully saturated rings. The number of nitrogens with one attached hydrogen (secondary N) is 1. The van der Waals surface area contributed by atoms with E-state index in [1.807, 2.05) is 31.2 Å². The van der Waals surface area contributed by atoms with Crippen molar-refractivity contribution in [1.82, 2.24) is 10.2 Å². The van der Waals surface area contributed by atoms with E-state index in [0.717, 1.165) is 37.0 Å². The fourth-order valence-corrected chi connectivity index (χ4v) is 5.40. The third-order valence-corrected chi connectivity index (χ3v) is 7.74. The monoisotopic (exact) mass is 506 g/mol. The first-order chi connectivity index (χ1) is 16.0. The van der Waals surface area contributed by atoms with Crippen molar-refractivity contribution < 1.29 is 9.59 Å². The highest BCUT2D eigenvalue weighted by molar-refractivity contribution is 7.99. The normalized spacial score (nSPS) is 15.1. The third-order valence-electron chi connectivity index (χ3n) is 6.01. The smallest absolute Gasteiger partial charge is 0.243 e. The number of carbonyl (C=O) groups excluding carboxylic acids is 2. The van der Waals surface area contributed by atoms with Crippen LogP contribution in [0.3, 0.4) is 0 Å². The number of amides is 2. The highest BCUT2D eigenvalue weighted by atomic mass is 35.5. The molecule has 0 heterocycles. The second-order valence-electron chi connectivity index (χ2n) is 8.52. The minimum atomic E-state index is -0.522. The van der Waals surface area contributed by atoms with Crippen molar-refractivity contribution in [2.45, 2.75) is 69.8 Å². The Morgan fingerprint density at radius 1 is 1.03 bits per heavy atom. The second kappa shape index (κ2) is 13.3. The van der Waals surface area contributed by atoms with Gasteiger partial charge in [0.15, 0.2) is 0 Å². The summed E-state index contributed by atoms with van der Waals surface area (Å²) in [5.41, 5.74) is 2.03. The quantitative estimate of drug-likeness (QED) is 0.400. The zero-order valence-corrected chi connectivity index (χ0v) is 21.4. The van der Waals surface area contributed by atoms with Crippen molar-refractivity contribution in [3.05, 3.63) is 69.7 Å². The first kappa shape index (κ1) is 25.9. The average Bonchev–Trinajstić information content (AvgIpc) is 2.82. The molecule has 3 rings (SSSR count). The lowest BCUT2D eigenvalue weighted by molar-refractivity contribution is -0.139. The third kappa shape index (κ3) is 7.94. The van der Waals surface area contributed by atoms with Crippen LogP contribution in [0.5, 0.6) is 0 Å². The maximum Gasteiger partial charge on any atom is 0.243 e. The van der Waals surface area contributed by atoms with E-state index in [4.69, 9.17) is 23.2 Å². The molecule has 0 spiro atoms. The van der Waals surface area contributed by atoms with Crippen LogP contribution in [0, 0.1) is 0 Å². The van der Waals surface area contributed by atoms with Crippen molar-refractivity contribution in [3.8, 4) is 0 Å². The summed E-state index contributed by atoms with van der Waals surface area (Å²) in [7, 11) is 0. The number of rotatable bonds is 10. The summed E-state index contributed by atoms with van der Waals surface area (Å²) >= 11 is 13.9. The van der Waals surface area contributed by atoms with Crippen LogP contribution in [0.2, 0.25) is 10.0 Å². The standard InChI is InChI=1S/C26H32Cl2N2O2S/c1-2-24(26(32)29-21-11-7-4-8-12-21)30(16-20-13-14-22(27)23(28)15-20)25(31)18-33-17-19-9-5-3-6-10-19/h3,5-6,9-10,13-15,21,24H,2,4,7-8,11-12,16-18H2,1H3,(H,29,32)/t24-/m0/s1. The molecule has 2 aromatic rings. The van der Waals surface area contributed by atoms with E-state index in [0.29, 0.717) is 28.8 Å². The van der Waals surface area contributed by atoms with Crippen LogP contribution in [0.15, 0.2) is 48.5 Å². The molecule has 1 N–H and O–H groups in total. The van der Waals surface area contributed by atoms with E-state index < -0.39 is 6.04 Å². The number of thioether (sulfide) groups is 1. The van der Waals surface area contributed by atoms with Gasteiger partial charge in [-0.15, -0.1) is 11.8 Å². The summed E-state index contributed by atoms with van der Waals surface area (Å²) in [5, 5.41) is 4.12. The predicted octanol–water partition coefficient (Wildman–Crippen LogP) is 6.48. The molecule has 33 heavy (non-hydrogen) atoms. The van der Waals surface area contributed by atoms with Crippen LogP contribution in [0.4, 0.5) is 0 Å². The average molecular weight is 508 g/mol. The molecule has 7 heteroatoms. The SMILES string of the molecule is CC[C@@H](C(=O)NC1CCCCC1)N(Cc1ccc(Cl)c(Cl)c1)C(=O)CSCc1ccccc1. The van der Waals surface area contributed by atoms with E-state index >= 15 is 0 Å². The molecule has 1 aliphatic rings. The first-order valence-corrected chi connectivity index (χ1v) is 13.5. The van der Waals surface area contributed by atoms with Crippen LogP contribution in [-0.2, 0) is 21.9 Å². The van der Waals surface area contributed by atoms with Crippen molar-refractivity contribution in [2.24, 2.45) is 0 Å². The molecule has 1 aliphatic carbocycles. The Bertz CT molecular complexity index is 920. The highest BCUT2D eigenvalue weighted by Crippen LogP contribution is 2.25. The van der Waals surface area contributed by atoms with E-state index in [1.54, 1.807) is 28.8 Å². The Balaban J connectivity index is 1.72. The lowest BCUT2D eigenvalue weighted by Crippen LogP contribution is -2.52. The maximum absolute atomic E-state index is 13.4. The molecule has 1 saturated carbocycles. The molecule has 2 amide bonds. The summed E-state index contributed by atoms with van der Waals surface area (Å²) in [4.78, 5) is 28.3. The number of halogens is 2. The summed E-state index contributed by atoms with van der Waals surface area (Å²) in [6, 6.07) is 15.1. The van der Waals surface area contributed by atoms with Gasteiger partial charge in [-0.25, -0.2) is 0 Å². The van der Waals surface area contributed by atoms with Gasteiger partial charge < -0.3 is 10.2 Å². The number of hydrogen-bond donors (Lipinski definition) is 1. The Hall–Kier alpha value is -1.69. The Labute approximate surface area is 211 Å². The predicted molar refractivity (Wildman–Crippen MR) is 139 cm³/mol. The summed E-state index contributed by atoms with van der Waals surface area (Å²) in [6.07, 6.45) is 6.08. The van der Waals surface area contributed by atoms with Crippen molar-refractivity contribution in [2.75, 3.05) is 5.75 Å².